The summed E-state index contributed by atoms with van der Waals surface area (Å²) in [6.45, 7) is 5.80. The molecule has 0 spiro atoms. The first-order valence-corrected chi connectivity index (χ1v) is 11.7. The molecular weight excluding hydrogens is 450 g/mol. The van der Waals surface area contributed by atoms with E-state index in [2.05, 4.69) is 16.4 Å². The minimum atomic E-state index is -0.471. The second-order valence-corrected chi connectivity index (χ2v) is 9.10. The van der Waals surface area contributed by atoms with Crippen LogP contribution in [0.4, 0.5) is 5.69 Å². The number of ether oxygens (including phenoxy) is 2. The van der Waals surface area contributed by atoms with Crippen LogP contribution in [-0.4, -0.2) is 36.2 Å². The number of allylic oxidation sites excluding steroid dienone is 1. The van der Waals surface area contributed by atoms with E-state index in [1.54, 1.807) is 14.0 Å². The lowest BCUT2D eigenvalue weighted by molar-refractivity contribution is -0.136. The maximum Gasteiger partial charge on any atom is 0.338 e. The van der Waals surface area contributed by atoms with Gasteiger partial charge in [-0.1, -0.05) is 30.0 Å². The number of thioether (sulfide) groups is 1. The molecule has 2 aromatic carbocycles. The molecule has 4 rings (SSSR count). The summed E-state index contributed by atoms with van der Waals surface area (Å²) < 4.78 is 10.4. The topological polar surface area (TPSA) is 80.2 Å². The summed E-state index contributed by atoms with van der Waals surface area (Å²) in [4.78, 5) is 32.4. The molecule has 0 saturated heterocycles. The Morgan fingerprint density at radius 2 is 1.74 bits per heavy atom. The number of amides is 1. The number of carbonyl (C=O) groups is 2. The third-order valence-corrected chi connectivity index (χ3v) is 6.57. The van der Waals surface area contributed by atoms with Gasteiger partial charge in [0.2, 0.25) is 5.91 Å². The summed E-state index contributed by atoms with van der Waals surface area (Å²) in [5.41, 5.74) is 5.61. The largest absolute Gasteiger partial charge is 0.497 e. The number of amidine groups is 1. The van der Waals surface area contributed by atoms with Gasteiger partial charge >= 0.3 is 5.97 Å². The van der Waals surface area contributed by atoms with Crippen molar-refractivity contribution in [1.82, 2.24) is 4.90 Å². The highest BCUT2D eigenvalue weighted by Gasteiger charge is 2.41. The molecule has 0 fully saturated rings. The fraction of sp³-hybridized carbons (Fsp3) is 0.269. The maximum atomic E-state index is 13.0. The highest BCUT2D eigenvalue weighted by Crippen LogP contribution is 2.45. The van der Waals surface area contributed by atoms with E-state index >= 15 is 0 Å². The monoisotopic (exact) mass is 477 g/mol. The van der Waals surface area contributed by atoms with Gasteiger partial charge < -0.3 is 19.7 Å². The van der Waals surface area contributed by atoms with Crippen molar-refractivity contribution in [2.45, 2.75) is 33.2 Å². The van der Waals surface area contributed by atoms with Crippen LogP contribution in [0, 0.1) is 13.8 Å². The zero-order valence-corrected chi connectivity index (χ0v) is 20.7. The minimum Gasteiger partial charge on any atom is -0.497 e. The molecule has 1 amide bonds. The Hall–Kier alpha value is -3.52. The first kappa shape index (κ1) is 23.6. The number of rotatable bonds is 6. The molecule has 1 atom stereocenters. The van der Waals surface area contributed by atoms with Crippen molar-refractivity contribution in [3.63, 3.8) is 0 Å². The van der Waals surface area contributed by atoms with Crippen LogP contribution in [-0.2, 0) is 14.3 Å². The Bertz CT molecular complexity index is 1210. The zero-order valence-electron chi connectivity index (χ0n) is 19.8. The van der Waals surface area contributed by atoms with Crippen LogP contribution in [0.2, 0.25) is 0 Å². The Morgan fingerprint density at radius 3 is 2.35 bits per heavy atom. The SMILES string of the molecule is COC(=O)C1=C(C)N=C2SC=C(CC(=O)Nc3cc(C)cc(C)c3)N2C1c1ccc(OC)cc1. The van der Waals surface area contributed by atoms with Gasteiger partial charge in [0, 0.05) is 11.4 Å². The van der Waals surface area contributed by atoms with Crippen molar-refractivity contribution < 1.29 is 19.1 Å². The number of hydrogen-bond acceptors (Lipinski definition) is 7. The van der Waals surface area contributed by atoms with Crippen molar-refractivity contribution in [2.75, 3.05) is 19.5 Å². The maximum absolute atomic E-state index is 13.0. The normalized spacial score (nSPS) is 17.1. The predicted octanol–water partition coefficient (Wildman–Crippen LogP) is 5.09. The highest BCUT2D eigenvalue weighted by molar-refractivity contribution is 8.16. The Balaban J connectivity index is 1.65. The number of anilines is 1. The average Bonchev–Trinajstić information content (AvgIpc) is 3.18. The minimum absolute atomic E-state index is 0.138. The molecule has 0 bridgehead atoms. The number of nitrogens with one attached hydrogen (secondary N) is 1. The molecule has 1 N–H and O–H groups in total. The zero-order chi connectivity index (χ0) is 24.4. The van der Waals surface area contributed by atoms with Crippen LogP contribution in [0.1, 0.15) is 36.1 Å². The first-order chi connectivity index (χ1) is 16.3. The molecular formula is C26H27N3O4S. The van der Waals surface area contributed by atoms with Gasteiger partial charge in [0.25, 0.3) is 0 Å². The molecule has 0 aliphatic carbocycles. The molecule has 0 radical (unpaired) electrons. The number of carbonyl (C=O) groups excluding carboxylic acids is 2. The first-order valence-electron chi connectivity index (χ1n) is 10.9. The number of benzene rings is 2. The molecule has 2 aromatic rings. The standard InChI is InChI=1S/C26H27N3O4S/c1-15-10-16(2)12-19(11-15)28-22(30)13-20-14-34-26-27-17(3)23(25(31)33-5)24(29(20)26)18-6-8-21(32-4)9-7-18/h6-12,14,24H,13H2,1-5H3,(H,28,30). The molecule has 0 aromatic heterocycles. The average molecular weight is 478 g/mol. The van der Waals surface area contributed by atoms with Crippen LogP contribution >= 0.6 is 11.8 Å². The van der Waals surface area contributed by atoms with Gasteiger partial charge in [-0.15, -0.1) is 0 Å². The van der Waals surface area contributed by atoms with E-state index in [1.165, 1.54) is 18.9 Å². The Kier molecular flexibility index (Phi) is 6.79. The van der Waals surface area contributed by atoms with Gasteiger partial charge in [-0.05, 0) is 67.1 Å². The smallest absolute Gasteiger partial charge is 0.338 e. The van der Waals surface area contributed by atoms with Crippen molar-refractivity contribution in [2.24, 2.45) is 4.99 Å². The van der Waals surface area contributed by atoms with Gasteiger partial charge in [-0.3, -0.25) is 4.79 Å². The number of aryl methyl sites for hydroxylation is 2. The lowest BCUT2D eigenvalue weighted by Gasteiger charge is -2.36. The van der Waals surface area contributed by atoms with E-state index in [4.69, 9.17) is 9.47 Å². The van der Waals surface area contributed by atoms with Crippen LogP contribution in [0.3, 0.4) is 0 Å². The van der Waals surface area contributed by atoms with Crippen molar-refractivity contribution in [3.05, 3.63) is 81.5 Å². The van der Waals surface area contributed by atoms with E-state index in [1.807, 2.05) is 60.6 Å². The van der Waals surface area contributed by atoms with E-state index in [0.717, 1.165) is 33.2 Å². The quantitative estimate of drug-likeness (QED) is 0.584. The van der Waals surface area contributed by atoms with E-state index in [-0.39, 0.29) is 12.3 Å². The number of esters is 1. The van der Waals surface area contributed by atoms with Gasteiger partial charge in [0.05, 0.1) is 38.0 Å². The van der Waals surface area contributed by atoms with Crippen LogP contribution in [0.5, 0.6) is 5.75 Å². The molecule has 176 valence electrons. The molecule has 2 aliphatic rings. The van der Waals surface area contributed by atoms with Crippen LogP contribution < -0.4 is 10.1 Å². The highest BCUT2D eigenvalue weighted by atomic mass is 32.2. The number of nitrogens with zero attached hydrogens (tertiary/aromatic N) is 2. The Morgan fingerprint density at radius 1 is 1.06 bits per heavy atom. The fourth-order valence-electron chi connectivity index (χ4n) is 4.26. The van der Waals surface area contributed by atoms with Crippen molar-refractivity contribution in [3.8, 4) is 5.75 Å². The van der Waals surface area contributed by atoms with Crippen LogP contribution in [0.15, 0.2) is 69.8 Å². The van der Waals surface area contributed by atoms with Gasteiger partial charge in [-0.2, -0.15) is 0 Å². The molecule has 8 heteroatoms. The number of fused-ring (bicyclic) bond motifs is 1. The summed E-state index contributed by atoms with van der Waals surface area (Å²) in [5, 5.41) is 5.64. The van der Waals surface area contributed by atoms with Crippen molar-refractivity contribution >= 4 is 34.5 Å². The second-order valence-electron chi connectivity index (χ2n) is 8.26. The number of aliphatic imine (C=N–C) groups is 1. The van der Waals surface area contributed by atoms with Gasteiger partial charge in [0.1, 0.15) is 5.75 Å². The van der Waals surface area contributed by atoms with E-state index in [0.29, 0.717) is 17.0 Å². The van der Waals surface area contributed by atoms with Gasteiger partial charge in [-0.25, -0.2) is 9.79 Å². The van der Waals surface area contributed by atoms with Gasteiger partial charge in [0.15, 0.2) is 5.17 Å². The molecule has 2 heterocycles. The number of methoxy groups -OCH3 is 2. The summed E-state index contributed by atoms with van der Waals surface area (Å²) in [5.74, 6) is 0.127. The summed E-state index contributed by atoms with van der Waals surface area (Å²) in [7, 11) is 2.97. The third-order valence-electron chi connectivity index (χ3n) is 5.68. The van der Waals surface area contributed by atoms with E-state index < -0.39 is 12.0 Å². The summed E-state index contributed by atoms with van der Waals surface area (Å²) in [6, 6.07) is 13.0. The van der Waals surface area contributed by atoms with Crippen molar-refractivity contribution in [1.29, 1.82) is 0 Å². The summed E-state index contributed by atoms with van der Waals surface area (Å²) in [6.07, 6.45) is 0.138. The second kappa shape index (κ2) is 9.77. The molecule has 7 nitrogen and oxygen atoms in total. The molecule has 0 saturated carbocycles. The predicted molar refractivity (Wildman–Crippen MR) is 135 cm³/mol. The Labute approximate surface area is 203 Å². The lowest BCUT2D eigenvalue weighted by Crippen LogP contribution is -2.37. The van der Waals surface area contributed by atoms with E-state index in [9.17, 15) is 9.59 Å². The third kappa shape index (κ3) is 4.72. The molecule has 2 aliphatic heterocycles. The summed E-state index contributed by atoms with van der Waals surface area (Å²) >= 11 is 1.44. The number of hydrogen-bond donors (Lipinski definition) is 1. The molecule has 34 heavy (non-hydrogen) atoms. The fourth-order valence-corrected chi connectivity index (χ4v) is 5.22. The molecule has 1 unspecified atom stereocenters. The lowest BCUT2D eigenvalue weighted by atomic mass is 9.94. The van der Waals surface area contributed by atoms with Crippen LogP contribution in [0.25, 0.3) is 0 Å².